The summed E-state index contributed by atoms with van der Waals surface area (Å²) < 4.78 is 5.76. The summed E-state index contributed by atoms with van der Waals surface area (Å²) in [4.78, 5) is 15.7. The Morgan fingerprint density at radius 3 is 2.52 bits per heavy atom. The van der Waals surface area contributed by atoms with Gasteiger partial charge >= 0.3 is 5.97 Å². The van der Waals surface area contributed by atoms with E-state index in [4.69, 9.17) is 9.84 Å². The van der Waals surface area contributed by atoms with Crippen molar-refractivity contribution in [3.63, 3.8) is 0 Å². The van der Waals surface area contributed by atoms with Crippen LogP contribution in [0.5, 0.6) is 5.75 Å². The molecule has 0 spiro atoms. The summed E-state index contributed by atoms with van der Waals surface area (Å²) >= 11 is 0. The lowest BCUT2D eigenvalue weighted by molar-refractivity contribution is 0.0695. The zero-order chi connectivity index (χ0) is 17.8. The number of hydrogen-bond donors (Lipinski definition) is 1. The average Bonchev–Trinajstić information content (AvgIpc) is 2.63. The van der Waals surface area contributed by atoms with E-state index in [1.807, 2.05) is 0 Å². The predicted molar refractivity (Wildman–Crippen MR) is 98.6 cm³/mol. The summed E-state index contributed by atoms with van der Waals surface area (Å²) in [5.41, 5.74) is 4.23. The molecule has 0 bridgehead atoms. The third kappa shape index (κ3) is 4.12. The Hall–Kier alpha value is -2.53. The highest BCUT2D eigenvalue weighted by Crippen LogP contribution is 2.24. The van der Waals surface area contributed by atoms with Crippen LogP contribution < -0.4 is 9.64 Å². The fourth-order valence-corrected chi connectivity index (χ4v) is 3.08. The quantitative estimate of drug-likeness (QED) is 0.906. The summed E-state index contributed by atoms with van der Waals surface area (Å²) in [6.07, 6.45) is 0. The molecule has 1 heterocycles. The number of aromatic carboxylic acids is 1. The molecule has 2 aromatic carbocycles. The second-order valence-corrected chi connectivity index (χ2v) is 6.43. The molecule has 1 aliphatic rings. The Labute approximate surface area is 148 Å². The lowest BCUT2D eigenvalue weighted by Gasteiger charge is -2.36. The van der Waals surface area contributed by atoms with E-state index >= 15 is 0 Å². The van der Waals surface area contributed by atoms with E-state index in [1.165, 1.54) is 16.8 Å². The first kappa shape index (κ1) is 17.3. The molecule has 132 valence electrons. The van der Waals surface area contributed by atoms with Crippen molar-refractivity contribution >= 4 is 11.7 Å². The second kappa shape index (κ2) is 7.57. The maximum Gasteiger partial charge on any atom is 0.335 e. The maximum absolute atomic E-state index is 11.0. The standard InChI is InChI=1S/C20H24N2O3/c1-15-5-3-8-19(16(15)2)22-11-9-21(10-12-22)14-25-18-7-4-6-17(13-18)20(23)24/h3-8,13H,9-12,14H2,1-2H3,(H,23,24). The Bertz CT molecular complexity index is 752. The molecule has 3 rings (SSSR count). The van der Waals surface area contributed by atoms with Crippen molar-refractivity contribution in [2.75, 3.05) is 37.8 Å². The third-order valence-electron chi connectivity index (χ3n) is 4.78. The fourth-order valence-electron chi connectivity index (χ4n) is 3.08. The Kier molecular flexibility index (Phi) is 5.24. The number of carboxylic acid groups (broad SMARTS) is 1. The van der Waals surface area contributed by atoms with Crippen LogP contribution in [-0.4, -0.2) is 48.9 Å². The summed E-state index contributed by atoms with van der Waals surface area (Å²) in [5.74, 6) is -0.343. The van der Waals surface area contributed by atoms with Crippen LogP contribution in [0.15, 0.2) is 42.5 Å². The smallest absolute Gasteiger partial charge is 0.335 e. The number of carboxylic acids is 1. The van der Waals surface area contributed by atoms with Crippen LogP contribution in [0.1, 0.15) is 21.5 Å². The highest BCUT2D eigenvalue weighted by molar-refractivity contribution is 5.88. The Morgan fingerprint density at radius 2 is 1.80 bits per heavy atom. The molecule has 25 heavy (non-hydrogen) atoms. The molecule has 0 aromatic heterocycles. The molecule has 0 unspecified atom stereocenters. The van der Waals surface area contributed by atoms with Crippen LogP contribution >= 0.6 is 0 Å². The first-order valence-electron chi connectivity index (χ1n) is 8.54. The zero-order valence-corrected chi connectivity index (χ0v) is 14.7. The highest BCUT2D eigenvalue weighted by Gasteiger charge is 2.19. The first-order valence-corrected chi connectivity index (χ1v) is 8.54. The van der Waals surface area contributed by atoms with Gasteiger partial charge in [0, 0.05) is 31.9 Å². The molecule has 1 aliphatic heterocycles. The van der Waals surface area contributed by atoms with Crippen LogP contribution in [0.2, 0.25) is 0 Å². The maximum atomic E-state index is 11.0. The number of nitrogens with zero attached hydrogens (tertiary/aromatic N) is 2. The van der Waals surface area contributed by atoms with Gasteiger partial charge in [0.25, 0.3) is 0 Å². The molecule has 1 N–H and O–H groups in total. The molecule has 0 amide bonds. The third-order valence-corrected chi connectivity index (χ3v) is 4.78. The summed E-state index contributed by atoms with van der Waals surface area (Å²) in [6, 6.07) is 13.1. The SMILES string of the molecule is Cc1cccc(N2CCN(COc3cccc(C(=O)O)c3)CC2)c1C. The van der Waals surface area contributed by atoms with Gasteiger partial charge in [-0.15, -0.1) is 0 Å². The second-order valence-electron chi connectivity index (χ2n) is 6.43. The van der Waals surface area contributed by atoms with E-state index in [-0.39, 0.29) is 5.56 Å². The summed E-state index contributed by atoms with van der Waals surface area (Å²) in [5, 5.41) is 9.03. The van der Waals surface area contributed by atoms with Gasteiger partial charge in [0.2, 0.25) is 0 Å². The molecule has 0 saturated carbocycles. The first-order chi connectivity index (χ1) is 12.0. The van der Waals surface area contributed by atoms with Gasteiger partial charge < -0.3 is 14.7 Å². The zero-order valence-electron chi connectivity index (χ0n) is 14.7. The molecule has 5 heteroatoms. The topological polar surface area (TPSA) is 53.0 Å². The molecule has 1 fully saturated rings. The van der Waals surface area contributed by atoms with E-state index < -0.39 is 5.97 Å². The van der Waals surface area contributed by atoms with Crippen molar-refractivity contribution in [3.8, 4) is 5.75 Å². The lowest BCUT2D eigenvalue weighted by Crippen LogP contribution is -2.47. The van der Waals surface area contributed by atoms with Crippen molar-refractivity contribution < 1.29 is 14.6 Å². The number of ether oxygens (including phenoxy) is 1. The Balaban J connectivity index is 1.54. The van der Waals surface area contributed by atoms with Crippen molar-refractivity contribution in [1.82, 2.24) is 4.90 Å². The van der Waals surface area contributed by atoms with Gasteiger partial charge in [0.05, 0.1) is 5.56 Å². The van der Waals surface area contributed by atoms with E-state index in [1.54, 1.807) is 24.3 Å². The van der Waals surface area contributed by atoms with Crippen molar-refractivity contribution in [1.29, 1.82) is 0 Å². The van der Waals surface area contributed by atoms with E-state index in [0.717, 1.165) is 26.2 Å². The van der Waals surface area contributed by atoms with Crippen molar-refractivity contribution in [2.24, 2.45) is 0 Å². The number of anilines is 1. The minimum atomic E-state index is -0.937. The molecule has 0 aliphatic carbocycles. The van der Waals surface area contributed by atoms with E-state index in [2.05, 4.69) is 41.8 Å². The van der Waals surface area contributed by atoms with Gasteiger partial charge in [-0.3, -0.25) is 4.90 Å². The fraction of sp³-hybridized carbons (Fsp3) is 0.350. The molecule has 0 radical (unpaired) electrons. The molecular formula is C20H24N2O3. The van der Waals surface area contributed by atoms with Crippen LogP contribution in [0.3, 0.4) is 0 Å². The van der Waals surface area contributed by atoms with Crippen molar-refractivity contribution in [2.45, 2.75) is 13.8 Å². The van der Waals surface area contributed by atoms with Gasteiger partial charge in [-0.1, -0.05) is 18.2 Å². The number of aryl methyl sites for hydroxylation is 1. The minimum absolute atomic E-state index is 0.247. The van der Waals surface area contributed by atoms with Crippen LogP contribution in [0.4, 0.5) is 5.69 Å². The van der Waals surface area contributed by atoms with E-state index in [9.17, 15) is 4.79 Å². The van der Waals surface area contributed by atoms with Crippen LogP contribution in [-0.2, 0) is 0 Å². The number of carbonyl (C=O) groups is 1. The summed E-state index contributed by atoms with van der Waals surface area (Å²) in [7, 11) is 0. The summed E-state index contributed by atoms with van der Waals surface area (Å²) in [6.45, 7) is 8.57. The van der Waals surface area contributed by atoms with E-state index in [0.29, 0.717) is 12.5 Å². The van der Waals surface area contributed by atoms with Crippen LogP contribution in [0, 0.1) is 13.8 Å². The number of piperazine rings is 1. The predicted octanol–water partition coefficient (Wildman–Crippen LogP) is 3.16. The van der Waals surface area contributed by atoms with Gasteiger partial charge in [0.1, 0.15) is 12.5 Å². The number of rotatable bonds is 5. The molecule has 1 saturated heterocycles. The lowest BCUT2D eigenvalue weighted by atomic mass is 10.1. The largest absolute Gasteiger partial charge is 0.478 e. The minimum Gasteiger partial charge on any atom is -0.478 e. The highest BCUT2D eigenvalue weighted by atomic mass is 16.5. The number of benzene rings is 2. The van der Waals surface area contributed by atoms with Crippen LogP contribution in [0.25, 0.3) is 0 Å². The van der Waals surface area contributed by atoms with Gasteiger partial charge in [-0.25, -0.2) is 4.79 Å². The van der Waals surface area contributed by atoms with Gasteiger partial charge in [-0.05, 0) is 49.2 Å². The molecular weight excluding hydrogens is 316 g/mol. The molecule has 5 nitrogen and oxygen atoms in total. The van der Waals surface area contributed by atoms with Gasteiger partial charge in [0.15, 0.2) is 0 Å². The monoisotopic (exact) mass is 340 g/mol. The van der Waals surface area contributed by atoms with Crippen molar-refractivity contribution in [3.05, 3.63) is 59.2 Å². The van der Waals surface area contributed by atoms with Gasteiger partial charge in [-0.2, -0.15) is 0 Å². The molecule has 2 aromatic rings. The Morgan fingerprint density at radius 1 is 1.08 bits per heavy atom. The molecule has 0 atom stereocenters. The number of hydrogen-bond acceptors (Lipinski definition) is 4. The normalized spacial score (nSPS) is 15.2. The average molecular weight is 340 g/mol.